The lowest BCUT2D eigenvalue weighted by Gasteiger charge is -2.35. The first-order chi connectivity index (χ1) is 14.5. The molecule has 0 radical (unpaired) electrons. The number of nitrogens with zero attached hydrogens (tertiary/aromatic N) is 3. The Balaban J connectivity index is 1.41. The zero-order valence-corrected chi connectivity index (χ0v) is 18.1. The van der Waals surface area contributed by atoms with Crippen LogP contribution in [0.4, 0.5) is 10.5 Å². The first-order valence-corrected chi connectivity index (χ1v) is 11.1. The molecule has 0 spiro atoms. The molecule has 1 saturated heterocycles. The van der Waals surface area contributed by atoms with E-state index >= 15 is 0 Å². The van der Waals surface area contributed by atoms with Crippen LogP contribution in [0, 0.1) is 5.92 Å². The van der Waals surface area contributed by atoms with E-state index in [1.165, 1.54) is 0 Å². The maximum atomic E-state index is 13.2. The number of fused-ring (bicyclic) bond motifs is 1. The number of benzene rings is 2. The van der Waals surface area contributed by atoms with Crippen molar-refractivity contribution in [3.63, 3.8) is 0 Å². The maximum absolute atomic E-state index is 13.2. The summed E-state index contributed by atoms with van der Waals surface area (Å²) in [4.78, 5) is 34.1. The lowest BCUT2D eigenvalue weighted by Crippen LogP contribution is -2.47. The highest BCUT2D eigenvalue weighted by Crippen LogP contribution is 2.30. The fraction of sp³-hybridized carbons (Fsp3) is 0.348. The smallest absolute Gasteiger partial charge is 0.321 e. The summed E-state index contributed by atoms with van der Waals surface area (Å²) in [6, 6.07) is 17.2. The molecule has 2 aromatic carbocycles. The number of urea groups is 1. The van der Waals surface area contributed by atoms with Gasteiger partial charge in [-0.3, -0.25) is 4.79 Å². The topological polar surface area (TPSA) is 65.5 Å². The number of hydrogen-bond donors (Lipinski definition) is 1. The van der Waals surface area contributed by atoms with E-state index < -0.39 is 0 Å². The summed E-state index contributed by atoms with van der Waals surface area (Å²) in [5.74, 6) is -0.124. The SMILES string of the molecule is C[C@H](c1nc2ccccc2s1)N(C)C(=O)[C@@H]1CCCN(C(=O)Nc2ccccc2)C1. The number of carbonyl (C=O) groups is 2. The third-order valence-corrected chi connectivity index (χ3v) is 6.89. The minimum absolute atomic E-state index is 0.0685. The molecule has 0 saturated carbocycles. The van der Waals surface area contributed by atoms with Crippen molar-refractivity contribution >= 4 is 39.2 Å². The number of amides is 3. The molecule has 6 nitrogen and oxygen atoms in total. The standard InChI is InChI=1S/C23H26N4O2S/c1-16(21-25-19-12-6-7-13-20(19)30-21)26(2)22(28)17-9-8-14-27(15-17)23(29)24-18-10-4-3-5-11-18/h3-7,10-13,16-17H,8-9,14-15H2,1-2H3,(H,24,29)/t16-,17-/m1/s1. The van der Waals surface area contributed by atoms with Gasteiger partial charge in [0.25, 0.3) is 0 Å². The molecule has 1 N–H and O–H groups in total. The number of carbonyl (C=O) groups excluding carboxylic acids is 2. The summed E-state index contributed by atoms with van der Waals surface area (Å²) in [6.07, 6.45) is 1.62. The number of rotatable bonds is 4. The van der Waals surface area contributed by atoms with E-state index in [4.69, 9.17) is 4.98 Å². The van der Waals surface area contributed by atoms with E-state index in [-0.39, 0.29) is 23.9 Å². The highest BCUT2D eigenvalue weighted by Gasteiger charge is 2.32. The average Bonchev–Trinajstić information content (AvgIpc) is 3.22. The third kappa shape index (κ3) is 4.31. The van der Waals surface area contributed by atoms with Gasteiger partial charge in [-0.2, -0.15) is 0 Å². The zero-order valence-electron chi connectivity index (χ0n) is 17.2. The quantitative estimate of drug-likeness (QED) is 0.659. The van der Waals surface area contributed by atoms with Gasteiger partial charge in [-0.1, -0.05) is 30.3 Å². The Hall–Kier alpha value is -2.93. The van der Waals surface area contributed by atoms with E-state index in [1.807, 2.05) is 62.5 Å². The molecule has 3 aromatic rings. The Bertz CT molecular complexity index is 1000. The largest absolute Gasteiger partial charge is 0.336 e. The number of piperidine rings is 1. The molecule has 0 aliphatic carbocycles. The van der Waals surface area contributed by atoms with Crippen molar-refractivity contribution in [3.8, 4) is 0 Å². The van der Waals surface area contributed by atoms with E-state index in [1.54, 1.807) is 21.1 Å². The molecule has 7 heteroatoms. The number of nitrogens with one attached hydrogen (secondary N) is 1. The Labute approximate surface area is 180 Å². The maximum Gasteiger partial charge on any atom is 0.321 e. The lowest BCUT2D eigenvalue weighted by atomic mass is 9.96. The van der Waals surface area contributed by atoms with Gasteiger partial charge >= 0.3 is 6.03 Å². The molecular weight excluding hydrogens is 396 g/mol. The molecule has 1 aliphatic rings. The highest BCUT2D eigenvalue weighted by atomic mass is 32.1. The fourth-order valence-electron chi connectivity index (χ4n) is 3.80. The molecule has 1 fully saturated rings. The molecule has 2 atom stereocenters. The van der Waals surface area contributed by atoms with Gasteiger partial charge in [0.05, 0.1) is 22.2 Å². The second-order valence-corrected chi connectivity index (χ2v) is 8.79. The van der Waals surface area contributed by atoms with Crippen LogP contribution in [0.15, 0.2) is 54.6 Å². The molecule has 1 aliphatic heterocycles. The number of para-hydroxylation sites is 2. The number of aromatic nitrogens is 1. The van der Waals surface area contributed by atoms with E-state index in [0.717, 1.165) is 33.8 Å². The van der Waals surface area contributed by atoms with Crippen LogP contribution in [0.5, 0.6) is 0 Å². The Morgan fingerprint density at radius 2 is 1.90 bits per heavy atom. The second kappa shape index (κ2) is 8.83. The van der Waals surface area contributed by atoms with Crippen molar-refractivity contribution in [2.75, 3.05) is 25.5 Å². The number of hydrogen-bond acceptors (Lipinski definition) is 4. The molecule has 3 amide bonds. The summed E-state index contributed by atoms with van der Waals surface area (Å²) in [6.45, 7) is 3.12. The third-order valence-electron chi connectivity index (χ3n) is 5.68. The molecule has 156 valence electrons. The number of thiazole rings is 1. The monoisotopic (exact) mass is 422 g/mol. The van der Waals surface area contributed by atoms with Crippen molar-refractivity contribution in [2.45, 2.75) is 25.8 Å². The van der Waals surface area contributed by atoms with Gasteiger partial charge in [-0.25, -0.2) is 9.78 Å². The van der Waals surface area contributed by atoms with Crippen LogP contribution in [0.3, 0.4) is 0 Å². The van der Waals surface area contributed by atoms with Gasteiger partial charge in [-0.05, 0) is 44.0 Å². The normalized spacial score (nSPS) is 17.5. The van der Waals surface area contributed by atoms with E-state index in [2.05, 4.69) is 11.4 Å². The first-order valence-electron chi connectivity index (χ1n) is 10.3. The van der Waals surface area contributed by atoms with Crippen LogP contribution in [0.1, 0.15) is 30.8 Å². The van der Waals surface area contributed by atoms with Gasteiger partial charge in [0.1, 0.15) is 5.01 Å². The molecule has 0 unspecified atom stereocenters. The van der Waals surface area contributed by atoms with Crippen LogP contribution >= 0.6 is 11.3 Å². The molecule has 1 aromatic heterocycles. The van der Waals surface area contributed by atoms with E-state index in [9.17, 15) is 9.59 Å². The van der Waals surface area contributed by atoms with Crippen LogP contribution in [-0.2, 0) is 4.79 Å². The molecular formula is C23H26N4O2S. The predicted octanol–water partition coefficient (Wildman–Crippen LogP) is 4.76. The highest BCUT2D eigenvalue weighted by molar-refractivity contribution is 7.18. The first kappa shape index (κ1) is 20.3. The summed E-state index contributed by atoms with van der Waals surface area (Å²) in [5, 5.41) is 3.85. The summed E-state index contributed by atoms with van der Waals surface area (Å²) in [5.41, 5.74) is 1.73. The second-order valence-electron chi connectivity index (χ2n) is 7.73. The number of anilines is 1. The summed E-state index contributed by atoms with van der Waals surface area (Å²) < 4.78 is 1.13. The van der Waals surface area contributed by atoms with Crippen molar-refractivity contribution in [3.05, 3.63) is 59.6 Å². The van der Waals surface area contributed by atoms with Crippen molar-refractivity contribution in [1.82, 2.24) is 14.8 Å². The zero-order chi connectivity index (χ0) is 21.1. The Kier molecular flexibility index (Phi) is 5.99. The fourth-order valence-corrected chi connectivity index (χ4v) is 4.86. The van der Waals surface area contributed by atoms with Crippen LogP contribution in [0.2, 0.25) is 0 Å². The summed E-state index contributed by atoms with van der Waals surface area (Å²) >= 11 is 1.62. The molecule has 0 bridgehead atoms. The van der Waals surface area contributed by atoms with Crippen molar-refractivity contribution in [2.24, 2.45) is 5.92 Å². The van der Waals surface area contributed by atoms with Crippen molar-refractivity contribution < 1.29 is 9.59 Å². The van der Waals surface area contributed by atoms with Crippen molar-refractivity contribution in [1.29, 1.82) is 0 Å². The van der Waals surface area contributed by atoms with Gasteiger partial charge < -0.3 is 15.1 Å². The average molecular weight is 423 g/mol. The number of likely N-dealkylation sites (tertiary alicyclic amines) is 1. The summed E-state index contributed by atoms with van der Waals surface area (Å²) in [7, 11) is 1.84. The molecule has 2 heterocycles. The Morgan fingerprint density at radius 1 is 1.17 bits per heavy atom. The van der Waals surface area contributed by atoms with Gasteiger partial charge in [-0.15, -0.1) is 11.3 Å². The Morgan fingerprint density at radius 3 is 2.67 bits per heavy atom. The predicted molar refractivity (Wildman–Crippen MR) is 121 cm³/mol. The van der Waals surface area contributed by atoms with E-state index in [0.29, 0.717) is 13.1 Å². The van der Waals surface area contributed by atoms with Crippen LogP contribution < -0.4 is 5.32 Å². The minimum Gasteiger partial charge on any atom is -0.336 e. The van der Waals surface area contributed by atoms with Gasteiger partial charge in [0.2, 0.25) is 5.91 Å². The minimum atomic E-state index is -0.192. The van der Waals surface area contributed by atoms with Gasteiger partial charge in [0.15, 0.2) is 0 Å². The lowest BCUT2D eigenvalue weighted by molar-refractivity contribution is -0.137. The van der Waals surface area contributed by atoms with Gasteiger partial charge in [0, 0.05) is 25.8 Å². The molecule has 30 heavy (non-hydrogen) atoms. The van der Waals surface area contributed by atoms with Crippen LogP contribution in [-0.4, -0.2) is 46.9 Å². The molecule has 4 rings (SSSR count). The van der Waals surface area contributed by atoms with Crippen LogP contribution in [0.25, 0.3) is 10.2 Å².